The van der Waals surface area contributed by atoms with E-state index in [9.17, 15) is 9.65 Å². The maximum absolute atomic E-state index is 14.1. The molecule has 3 aromatic rings. The van der Waals surface area contributed by atoms with Gasteiger partial charge in [0.15, 0.2) is 11.6 Å². The van der Waals surface area contributed by atoms with Gasteiger partial charge in [0.05, 0.1) is 34.9 Å². The van der Waals surface area contributed by atoms with Crippen molar-refractivity contribution in [2.24, 2.45) is 0 Å². The van der Waals surface area contributed by atoms with Gasteiger partial charge in [-0.3, -0.25) is 4.98 Å². The first-order valence-corrected chi connectivity index (χ1v) is 9.62. The Morgan fingerprint density at radius 1 is 1.23 bits per heavy atom. The molecule has 1 N–H and O–H groups in total. The second-order valence-electron chi connectivity index (χ2n) is 7.09. The molecule has 0 saturated heterocycles. The number of halogens is 1. The molecule has 0 saturated carbocycles. The molecule has 6 nitrogen and oxygen atoms in total. The molecular weight excluding hydrogens is 379 g/mol. The highest BCUT2D eigenvalue weighted by molar-refractivity contribution is 5.75. The average Bonchev–Trinajstić information content (AvgIpc) is 2.94. The van der Waals surface area contributed by atoms with E-state index in [1.165, 1.54) is 6.20 Å². The van der Waals surface area contributed by atoms with Crippen LogP contribution < -0.4 is 15.1 Å². The fourth-order valence-electron chi connectivity index (χ4n) is 3.50. The van der Waals surface area contributed by atoms with E-state index in [0.717, 1.165) is 41.9 Å². The van der Waals surface area contributed by atoms with Crippen LogP contribution in [0.25, 0.3) is 11.3 Å². The minimum Gasteiger partial charge on any atom is -0.372 e. The van der Waals surface area contributed by atoms with E-state index in [0.29, 0.717) is 23.6 Å². The van der Waals surface area contributed by atoms with Crippen molar-refractivity contribution in [2.45, 2.75) is 6.42 Å². The molecule has 0 bridgehead atoms. The van der Waals surface area contributed by atoms with Crippen LogP contribution in [0, 0.1) is 17.1 Å². The summed E-state index contributed by atoms with van der Waals surface area (Å²) >= 11 is 0. The van der Waals surface area contributed by atoms with Crippen LogP contribution in [-0.4, -0.2) is 30.1 Å². The largest absolute Gasteiger partial charge is 0.372 e. The molecule has 0 spiro atoms. The second-order valence-corrected chi connectivity index (χ2v) is 7.09. The molecule has 3 heterocycles. The molecule has 4 rings (SSSR count). The van der Waals surface area contributed by atoms with Gasteiger partial charge < -0.3 is 15.1 Å². The van der Waals surface area contributed by atoms with Gasteiger partial charge in [0.25, 0.3) is 0 Å². The van der Waals surface area contributed by atoms with Crippen LogP contribution in [0.3, 0.4) is 0 Å². The SMILES string of the molecule is C=C(Nc1ccncc1F)N1CCCN(C)c2ccc(-c3cccc(C#N)c3)nc21. The van der Waals surface area contributed by atoms with Crippen LogP contribution in [0.5, 0.6) is 0 Å². The van der Waals surface area contributed by atoms with Crippen LogP contribution in [0.4, 0.5) is 21.6 Å². The maximum atomic E-state index is 14.1. The third-order valence-corrected chi connectivity index (χ3v) is 5.06. The molecule has 0 radical (unpaired) electrons. The van der Waals surface area contributed by atoms with Gasteiger partial charge in [-0.1, -0.05) is 18.7 Å². The first kappa shape index (κ1) is 19.4. The van der Waals surface area contributed by atoms with Crippen molar-refractivity contribution in [1.82, 2.24) is 9.97 Å². The van der Waals surface area contributed by atoms with Gasteiger partial charge in [0.2, 0.25) is 0 Å². The highest BCUT2D eigenvalue weighted by Crippen LogP contribution is 2.34. The summed E-state index contributed by atoms with van der Waals surface area (Å²) in [5, 5.41) is 12.3. The molecule has 0 unspecified atom stereocenters. The number of nitriles is 1. The Kier molecular flexibility index (Phi) is 5.31. The number of anilines is 3. The molecule has 0 atom stereocenters. The van der Waals surface area contributed by atoms with Gasteiger partial charge in [-0.15, -0.1) is 0 Å². The monoisotopic (exact) mass is 400 g/mol. The van der Waals surface area contributed by atoms with Gasteiger partial charge in [-0.25, -0.2) is 9.37 Å². The Bertz CT molecular complexity index is 1140. The molecule has 1 aliphatic rings. The molecule has 0 amide bonds. The Balaban J connectivity index is 1.73. The van der Waals surface area contributed by atoms with E-state index in [1.54, 1.807) is 12.1 Å². The van der Waals surface area contributed by atoms with Crippen LogP contribution in [-0.2, 0) is 0 Å². The molecule has 7 heteroatoms. The molecular formula is C23H21FN6. The minimum absolute atomic E-state index is 0.312. The Morgan fingerprint density at radius 2 is 2.10 bits per heavy atom. The minimum atomic E-state index is -0.444. The van der Waals surface area contributed by atoms with Gasteiger partial charge in [-0.05, 0) is 36.8 Å². The summed E-state index contributed by atoms with van der Waals surface area (Å²) in [4.78, 5) is 12.8. The summed E-state index contributed by atoms with van der Waals surface area (Å²) in [5.74, 6) is 0.828. The van der Waals surface area contributed by atoms with Crippen LogP contribution in [0.15, 0.2) is 67.3 Å². The van der Waals surface area contributed by atoms with Gasteiger partial charge in [0.1, 0.15) is 5.82 Å². The van der Waals surface area contributed by atoms with E-state index in [4.69, 9.17) is 4.98 Å². The number of aromatic nitrogens is 2. The fraction of sp³-hybridized carbons (Fsp3) is 0.174. The lowest BCUT2D eigenvalue weighted by Gasteiger charge is -2.27. The predicted octanol–water partition coefficient (Wildman–Crippen LogP) is 4.38. The molecule has 150 valence electrons. The normalized spacial score (nSPS) is 13.2. The average molecular weight is 400 g/mol. The summed E-state index contributed by atoms with van der Waals surface area (Å²) in [7, 11) is 2.03. The number of fused-ring (bicyclic) bond motifs is 1. The zero-order chi connectivity index (χ0) is 21.1. The number of nitrogens with one attached hydrogen (secondary N) is 1. The molecule has 0 fully saturated rings. The van der Waals surface area contributed by atoms with Crippen LogP contribution >= 0.6 is 0 Å². The number of benzene rings is 1. The topological polar surface area (TPSA) is 68.1 Å². The summed E-state index contributed by atoms with van der Waals surface area (Å²) in [5.41, 5.74) is 3.48. The Morgan fingerprint density at radius 3 is 2.90 bits per heavy atom. The van der Waals surface area contributed by atoms with E-state index in [-0.39, 0.29) is 0 Å². The van der Waals surface area contributed by atoms with Crippen molar-refractivity contribution in [2.75, 3.05) is 35.3 Å². The van der Waals surface area contributed by atoms with Crippen molar-refractivity contribution in [3.63, 3.8) is 0 Å². The molecule has 1 aliphatic heterocycles. The predicted molar refractivity (Wildman–Crippen MR) is 117 cm³/mol. The Hall–Kier alpha value is -3.92. The van der Waals surface area contributed by atoms with Gasteiger partial charge >= 0.3 is 0 Å². The number of hydrogen-bond acceptors (Lipinski definition) is 6. The summed E-state index contributed by atoms with van der Waals surface area (Å²) in [6.45, 7) is 5.69. The summed E-state index contributed by atoms with van der Waals surface area (Å²) in [6.07, 6.45) is 3.59. The van der Waals surface area contributed by atoms with E-state index in [1.807, 2.05) is 42.3 Å². The highest BCUT2D eigenvalue weighted by atomic mass is 19.1. The Labute approximate surface area is 174 Å². The number of hydrogen-bond donors (Lipinski definition) is 1. The lowest BCUT2D eigenvalue weighted by atomic mass is 10.1. The van der Waals surface area contributed by atoms with E-state index < -0.39 is 5.82 Å². The highest BCUT2D eigenvalue weighted by Gasteiger charge is 2.23. The van der Waals surface area contributed by atoms with Crippen molar-refractivity contribution in [1.29, 1.82) is 5.26 Å². The maximum Gasteiger partial charge on any atom is 0.164 e. The van der Waals surface area contributed by atoms with Gasteiger partial charge in [0, 0.05) is 31.9 Å². The van der Waals surface area contributed by atoms with Crippen molar-refractivity contribution >= 4 is 17.2 Å². The second kappa shape index (κ2) is 8.21. The summed E-state index contributed by atoms with van der Waals surface area (Å²) < 4.78 is 14.1. The van der Waals surface area contributed by atoms with Crippen LogP contribution in [0.2, 0.25) is 0 Å². The standard InChI is InChI=1S/C23H21FN6/c1-16(27-21-9-10-26-15-19(21)24)30-12-4-11-29(2)22-8-7-20(28-23(22)30)18-6-3-5-17(13-18)14-25/h3,5-10,13,15H,1,4,11-12H2,2H3,(H,26,27). The number of nitrogens with zero attached hydrogens (tertiary/aromatic N) is 5. The van der Waals surface area contributed by atoms with Gasteiger partial charge in [-0.2, -0.15) is 5.26 Å². The lowest BCUT2D eigenvalue weighted by Crippen LogP contribution is -2.28. The van der Waals surface area contributed by atoms with E-state index >= 15 is 0 Å². The lowest BCUT2D eigenvalue weighted by molar-refractivity contribution is 0.624. The third-order valence-electron chi connectivity index (χ3n) is 5.06. The molecule has 30 heavy (non-hydrogen) atoms. The first-order chi connectivity index (χ1) is 14.6. The van der Waals surface area contributed by atoms with Crippen molar-refractivity contribution in [3.05, 3.63) is 78.6 Å². The molecule has 0 aliphatic carbocycles. The van der Waals surface area contributed by atoms with Crippen LogP contribution in [0.1, 0.15) is 12.0 Å². The smallest absolute Gasteiger partial charge is 0.164 e. The molecule has 2 aromatic heterocycles. The fourth-order valence-corrected chi connectivity index (χ4v) is 3.50. The third kappa shape index (κ3) is 3.80. The first-order valence-electron chi connectivity index (χ1n) is 9.62. The number of rotatable bonds is 4. The zero-order valence-electron chi connectivity index (χ0n) is 16.6. The number of pyridine rings is 2. The van der Waals surface area contributed by atoms with E-state index in [2.05, 4.69) is 27.8 Å². The zero-order valence-corrected chi connectivity index (χ0v) is 16.6. The molecule has 1 aromatic carbocycles. The van der Waals surface area contributed by atoms with Crippen molar-refractivity contribution in [3.8, 4) is 17.3 Å². The summed E-state index contributed by atoms with van der Waals surface area (Å²) in [6, 6.07) is 15.1. The van der Waals surface area contributed by atoms with Crippen molar-refractivity contribution < 1.29 is 4.39 Å². The quantitative estimate of drug-likeness (QED) is 0.701.